The maximum atomic E-state index is 12.1. The minimum atomic E-state index is -0.307. The van der Waals surface area contributed by atoms with Gasteiger partial charge in [0.2, 0.25) is 0 Å². The van der Waals surface area contributed by atoms with Gasteiger partial charge in [0.05, 0.1) is 6.26 Å². The van der Waals surface area contributed by atoms with Crippen LogP contribution in [0.2, 0.25) is 10.0 Å². The molecule has 2 aromatic heterocycles. The second-order valence-corrected chi connectivity index (χ2v) is 6.89. The molecule has 1 amide bonds. The number of thiazole rings is 1. The third-order valence-electron chi connectivity index (χ3n) is 3.22. The van der Waals surface area contributed by atoms with Crippen LogP contribution in [0.1, 0.15) is 26.6 Å². The Morgan fingerprint density at radius 1 is 1.35 bits per heavy atom. The maximum absolute atomic E-state index is 12.1. The Balaban J connectivity index is 1.71. The molecule has 0 saturated carbocycles. The zero-order chi connectivity index (χ0) is 16.4. The molecule has 0 radical (unpaired) electrons. The van der Waals surface area contributed by atoms with E-state index in [0.29, 0.717) is 27.4 Å². The topological polar surface area (TPSA) is 55.1 Å². The van der Waals surface area contributed by atoms with Gasteiger partial charge < -0.3 is 4.42 Å². The number of benzene rings is 1. The van der Waals surface area contributed by atoms with E-state index in [4.69, 9.17) is 27.6 Å². The van der Waals surface area contributed by atoms with Crippen LogP contribution in [0.4, 0.5) is 5.13 Å². The van der Waals surface area contributed by atoms with E-state index in [1.165, 1.54) is 17.6 Å². The van der Waals surface area contributed by atoms with E-state index in [9.17, 15) is 4.79 Å². The number of rotatable bonds is 4. The van der Waals surface area contributed by atoms with Crippen molar-refractivity contribution in [2.24, 2.45) is 0 Å². The van der Waals surface area contributed by atoms with E-state index < -0.39 is 0 Å². The summed E-state index contributed by atoms with van der Waals surface area (Å²) in [5.41, 5.74) is 1.74. The SMILES string of the molecule is Cc1ccoc1C(=O)Nc1ncc(Cc2ccc(Cl)cc2Cl)s1. The van der Waals surface area contributed by atoms with E-state index in [1.807, 2.05) is 13.0 Å². The molecule has 0 spiro atoms. The standard InChI is InChI=1S/C16H12Cl2N2O2S/c1-9-4-5-22-14(9)15(21)20-16-19-8-12(23-16)6-10-2-3-11(17)7-13(10)18/h2-5,7-8H,6H2,1H3,(H,19,20,21). The molecule has 0 aliphatic heterocycles. The first kappa shape index (κ1) is 16.1. The number of aromatic nitrogens is 1. The van der Waals surface area contributed by atoms with Crippen LogP contribution >= 0.6 is 34.5 Å². The molecular weight excluding hydrogens is 355 g/mol. The molecule has 0 bridgehead atoms. The summed E-state index contributed by atoms with van der Waals surface area (Å²) >= 11 is 13.5. The fourth-order valence-corrected chi connectivity index (χ4v) is 3.36. The second-order valence-electron chi connectivity index (χ2n) is 4.93. The lowest BCUT2D eigenvalue weighted by atomic mass is 10.1. The monoisotopic (exact) mass is 366 g/mol. The number of aryl methyl sites for hydroxylation is 1. The summed E-state index contributed by atoms with van der Waals surface area (Å²) in [7, 11) is 0. The Hall–Kier alpha value is -1.82. The van der Waals surface area contributed by atoms with Crippen molar-refractivity contribution < 1.29 is 9.21 Å². The van der Waals surface area contributed by atoms with Crippen LogP contribution in [0.25, 0.3) is 0 Å². The van der Waals surface area contributed by atoms with Crippen LogP contribution in [0.3, 0.4) is 0 Å². The lowest BCUT2D eigenvalue weighted by molar-refractivity contribution is 0.0996. The highest BCUT2D eigenvalue weighted by molar-refractivity contribution is 7.15. The average molecular weight is 367 g/mol. The number of carbonyl (C=O) groups excluding carboxylic acids is 1. The number of nitrogens with zero attached hydrogens (tertiary/aromatic N) is 1. The normalized spacial score (nSPS) is 10.7. The molecule has 0 aliphatic rings. The van der Waals surface area contributed by atoms with Crippen molar-refractivity contribution in [3.63, 3.8) is 0 Å². The summed E-state index contributed by atoms with van der Waals surface area (Å²) in [6.07, 6.45) is 3.84. The van der Waals surface area contributed by atoms with E-state index in [2.05, 4.69) is 10.3 Å². The highest BCUT2D eigenvalue weighted by Crippen LogP contribution is 2.27. The van der Waals surface area contributed by atoms with Crippen molar-refractivity contribution in [1.29, 1.82) is 0 Å². The summed E-state index contributed by atoms with van der Waals surface area (Å²) in [6.45, 7) is 1.81. The summed E-state index contributed by atoms with van der Waals surface area (Å²) in [6, 6.07) is 7.13. The summed E-state index contributed by atoms with van der Waals surface area (Å²) in [5.74, 6) is -0.0135. The maximum Gasteiger partial charge on any atom is 0.293 e. The minimum absolute atomic E-state index is 0.294. The molecule has 0 aliphatic carbocycles. The van der Waals surface area contributed by atoms with Gasteiger partial charge in [-0.05, 0) is 30.7 Å². The van der Waals surface area contributed by atoms with Gasteiger partial charge in [-0.2, -0.15) is 0 Å². The Morgan fingerprint density at radius 3 is 2.87 bits per heavy atom. The summed E-state index contributed by atoms with van der Waals surface area (Å²) < 4.78 is 5.16. The Morgan fingerprint density at radius 2 is 2.17 bits per heavy atom. The number of anilines is 1. The summed E-state index contributed by atoms with van der Waals surface area (Å²) in [5, 5.41) is 4.47. The molecule has 2 heterocycles. The lowest BCUT2D eigenvalue weighted by Gasteiger charge is -2.02. The lowest BCUT2D eigenvalue weighted by Crippen LogP contribution is -2.11. The fraction of sp³-hybridized carbons (Fsp3) is 0.125. The fourth-order valence-electron chi connectivity index (χ4n) is 2.06. The largest absolute Gasteiger partial charge is 0.459 e. The minimum Gasteiger partial charge on any atom is -0.459 e. The van der Waals surface area contributed by atoms with Crippen molar-refractivity contribution in [2.75, 3.05) is 5.32 Å². The smallest absolute Gasteiger partial charge is 0.293 e. The van der Waals surface area contributed by atoms with Crippen molar-refractivity contribution in [1.82, 2.24) is 4.98 Å². The molecule has 3 rings (SSSR count). The van der Waals surface area contributed by atoms with Crippen molar-refractivity contribution in [3.05, 3.63) is 68.5 Å². The quantitative estimate of drug-likeness (QED) is 0.690. The zero-order valence-corrected chi connectivity index (χ0v) is 14.4. The predicted octanol–water partition coefficient (Wildman–Crippen LogP) is 5.19. The Kier molecular flexibility index (Phi) is 4.71. The van der Waals surface area contributed by atoms with Crippen molar-refractivity contribution >= 4 is 45.6 Å². The van der Waals surface area contributed by atoms with E-state index >= 15 is 0 Å². The van der Waals surface area contributed by atoms with Gasteiger partial charge in [0.15, 0.2) is 10.9 Å². The molecule has 23 heavy (non-hydrogen) atoms. The number of nitrogens with one attached hydrogen (secondary N) is 1. The summed E-state index contributed by atoms with van der Waals surface area (Å²) in [4.78, 5) is 17.3. The van der Waals surface area contributed by atoms with Crippen LogP contribution in [0.15, 0.2) is 41.1 Å². The first-order chi connectivity index (χ1) is 11.0. The molecule has 3 aromatic rings. The van der Waals surface area contributed by atoms with Crippen LogP contribution in [0, 0.1) is 6.92 Å². The molecular formula is C16H12Cl2N2O2S. The molecule has 0 atom stereocenters. The molecule has 0 saturated heterocycles. The van der Waals surface area contributed by atoms with Crippen molar-refractivity contribution in [3.8, 4) is 0 Å². The van der Waals surface area contributed by atoms with Gasteiger partial charge in [0.25, 0.3) is 5.91 Å². The first-order valence-electron chi connectivity index (χ1n) is 6.77. The molecule has 118 valence electrons. The van der Waals surface area contributed by atoms with Crippen LogP contribution in [-0.4, -0.2) is 10.9 Å². The molecule has 1 aromatic carbocycles. The van der Waals surface area contributed by atoms with Gasteiger partial charge in [-0.15, -0.1) is 11.3 Å². The molecule has 1 N–H and O–H groups in total. The number of hydrogen-bond donors (Lipinski definition) is 1. The predicted molar refractivity (Wildman–Crippen MR) is 92.8 cm³/mol. The highest BCUT2D eigenvalue weighted by Gasteiger charge is 2.15. The third-order valence-corrected chi connectivity index (χ3v) is 4.72. The number of amides is 1. The van der Waals surface area contributed by atoms with E-state index in [1.54, 1.807) is 24.4 Å². The zero-order valence-electron chi connectivity index (χ0n) is 12.1. The van der Waals surface area contributed by atoms with Gasteiger partial charge in [-0.25, -0.2) is 4.98 Å². The first-order valence-corrected chi connectivity index (χ1v) is 8.34. The molecule has 7 heteroatoms. The van der Waals surface area contributed by atoms with Gasteiger partial charge >= 0.3 is 0 Å². The number of hydrogen-bond acceptors (Lipinski definition) is 4. The molecule has 0 fully saturated rings. The highest BCUT2D eigenvalue weighted by atomic mass is 35.5. The van der Waals surface area contributed by atoms with Gasteiger partial charge in [-0.1, -0.05) is 29.3 Å². The Bertz CT molecular complexity index is 857. The second kappa shape index (κ2) is 6.74. The van der Waals surface area contributed by atoms with Gasteiger partial charge in [0.1, 0.15) is 0 Å². The van der Waals surface area contributed by atoms with Crippen molar-refractivity contribution in [2.45, 2.75) is 13.3 Å². The van der Waals surface area contributed by atoms with Gasteiger partial charge in [0, 0.05) is 33.1 Å². The number of halogens is 2. The van der Waals surface area contributed by atoms with Crippen LogP contribution in [-0.2, 0) is 6.42 Å². The van der Waals surface area contributed by atoms with E-state index in [0.717, 1.165) is 16.0 Å². The third kappa shape index (κ3) is 3.75. The molecule has 0 unspecified atom stereocenters. The van der Waals surface area contributed by atoms with E-state index in [-0.39, 0.29) is 5.91 Å². The van der Waals surface area contributed by atoms with Gasteiger partial charge in [-0.3, -0.25) is 10.1 Å². The number of carbonyl (C=O) groups is 1. The van der Waals surface area contributed by atoms with Crippen LogP contribution in [0.5, 0.6) is 0 Å². The Labute approximate surface area is 147 Å². The number of furan rings is 1. The van der Waals surface area contributed by atoms with Crippen LogP contribution < -0.4 is 5.32 Å². The average Bonchev–Trinajstić information content (AvgIpc) is 3.11. The molecule has 4 nitrogen and oxygen atoms in total.